The van der Waals surface area contributed by atoms with Crippen LogP contribution in [0.1, 0.15) is 26.2 Å². The quantitative estimate of drug-likeness (QED) is 0.799. The molecular formula is C12H18ClNOS. The lowest BCUT2D eigenvalue weighted by molar-refractivity contribution is 0.613. The second-order valence-corrected chi connectivity index (χ2v) is 5.90. The van der Waals surface area contributed by atoms with Gasteiger partial charge in [-0.15, -0.1) is 0 Å². The third kappa shape index (κ3) is 4.64. The van der Waals surface area contributed by atoms with E-state index in [0.717, 1.165) is 24.2 Å². The van der Waals surface area contributed by atoms with Crippen LogP contribution in [0.25, 0.3) is 0 Å². The Labute approximate surface area is 105 Å². The molecule has 1 aromatic carbocycles. The predicted octanol–water partition coefficient (Wildman–Crippen LogP) is 2.97. The minimum Gasteiger partial charge on any atom is -0.328 e. The molecule has 0 aliphatic rings. The molecule has 0 saturated heterocycles. The lowest BCUT2D eigenvalue weighted by Crippen LogP contribution is -2.14. The van der Waals surface area contributed by atoms with Gasteiger partial charge in [0.2, 0.25) is 0 Å². The van der Waals surface area contributed by atoms with Gasteiger partial charge in [0.25, 0.3) is 0 Å². The molecule has 1 aromatic rings. The molecule has 4 heteroatoms. The fourth-order valence-corrected chi connectivity index (χ4v) is 3.03. The minimum absolute atomic E-state index is 0.230. The average molecular weight is 260 g/mol. The van der Waals surface area contributed by atoms with Gasteiger partial charge in [-0.3, -0.25) is 4.21 Å². The van der Waals surface area contributed by atoms with Crippen molar-refractivity contribution >= 4 is 22.4 Å². The number of hydrogen-bond acceptors (Lipinski definition) is 2. The molecule has 16 heavy (non-hydrogen) atoms. The summed E-state index contributed by atoms with van der Waals surface area (Å²) < 4.78 is 11.9. The highest BCUT2D eigenvalue weighted by Crippen LogP contribution is 2.19. The monoisotopic (exact) mass is 259 g/mol. The van der Waals surface area contributed by atoms with E-state index in [9.17, 15) is 4.21 Å². The first-order chi connectivity index (χ1) is 7.61. The number of benzene rings is 1. The van der Waals surface area contributed by atoms with Gasteiger partial charge in [-0.25, -0.2) is 0 Å². The molecule has 0 bridgehead atoms. The number of unbranched alkanes of at least 4 members (excludes halogenated alkanes) is 1. The zero-order valence-electron chi connectivity index (χ0n) is 9.49. The number of hydrogen-bond donors (Lipinski definition) is 1. The maximum Gasteiger partial charge on any atom is 0.0574 e. The SMILES string of the molecule is CC(N)CCCCS(=O)c1ccccc1Cl. The van der Waals surface area contributed by atoms with Gasteiger partial charge in [0.05, 0.1) is 20.7 Å². The molecule has 0 aromatic heterocycles. The number of rotatable bonds is 6. The molecule has 2 unspecified atom stereocenters. The molecule has 0 aliphatic heterocycles. The molecular weight excluding hydrogens is 242 g/mol. The maximum atomic E-state index is 11.9. The van der Waals surface area contributed by atoms with Gasteiger partial charge in [-0.05, 0) is 31.9 Å². The highest BCUT2D eigenvalue weighted by atomic mass is 35.5. The second-order valence-electron chi connectivity index (χ2n) is 3.95. The summed E-state index contributed by atoms with van der Waals surface area (Å²) in [5.41, 5.74) is 5.65. The summed E-state index contributed by atoms with van der Waals surface area (Å²) in [5.74, 6) is 0.663. The standard InChI is InChI=1S/C12H18ClNOS/c1-10(14)6-4-5-9-16(15)12-8-3-2-7-11(12)13/h2-3,7-8,10H,4-6,9,14H2,1H3. The molecule has 0 amide bonds. The molecule has 2 N–H and O–H groups in total. The van der Waals surface area contributed by atoms with Crippen molar-refractivity contribution in [1.29, 1.82) is 0 Å². The minimum atomic E-state index is -0.982. The van der Waals surface area contributed by atoms with Crippen molar-refractivity contribution in [3.8, 4) is 0 Å². The summed E-state index contributed by atoms with van der Waals surface area (Å²) in [7, 11) is -0.982. The van der Waals surface area contributed by atoms with E-state index in [0.29, 0.717) is 10.8 Å². The van der Waals surface area contributed by atoms with Gasteiger partial charge in [-0.2, -0.15) is 0 Å². The molecule has 90 valence electrons. The zero-order chi connectivity index (χ0) is 12.0. The normalized spacial score (nSPS) is 14.7. The summed E-state index contributed by atoms with van der Waals surface area (Å²) in [6.45, 7) is 1.99. The van der Waals surface area contributed by atoms with Gasteiger partial charge in [-0.1, -0.05) is 30.2 Å². The van der Waals surface area contributed by atoms with Crippen LogP contribution < -0.4 is 5.73 Å². The molecule has 0 radical (unpaired) electrons. The number of nitrogens with two attached hydrogens (primary N) is 1. The van der Waals surface area contributed by atoms with Crippen molar-refractivity contribution in [2.45, 2.75) is 37.1 Å². The van der Waals surface area contributed by atoms with Crippen LogP contribution in [0.15, 0.2) is 29.2 Å². The third-order valence-corrected chi connectivity index (χ3v) is 4.27. The highest BCUT2D eigenvalue weighted by molar-refractivity contribution is 7.85. The summed E-state index contributed by atoms with van der Waals surface area (Å²) in [6, 6.07) is 7.54. The largest absolute Gasteiger partial charge is 0.328 e. The Hall–Kier alpha value is -0.380. The van der Waals surface area contributed by atoms with E-state index in [4.69, 9.17) is 17.3 Å². The third-order valence-electron chi connectivity index (χ3n) is 2.32. The summed E-state index contributed by atoms with van der Waals surface area (Å²) in [6.07, 6.45) is 2.94. The van der Waals surface area contributed by atoms with Gasteiger partial charge in [0, 0.05) is 11.8 Å². The van der Waals surface area contributed by atoms with Gasteiger partial charge < -0.3 is 5.73 Å². The maximum absolute atomic E-state index is 11.9. The predicted molar refractivity (Wildman–Crippen MR) is 70.2 cm³/mol. The lowest BCUT2D eigenvalue weighted by Gasteiger charge is -2.06. The van der Waals surface area contributed by atoms with E-state index in [-0.39, 0.29) is 6.04 Å². The van der Waals surface area contributed by atoms with E-state index in [1.165, 1.54) is 0 Å². The fraction of sp³-hybridized carbons (Fsp3) is 0.500. The highest BCUT2D eigenvalue weighted by Gasteiger charge is 2.07. The Morgan fingerprint density at radius 2 is 2.06 bits per heavy atom. The molecule has 2 atom stereocenters. The number of halogens is 1. The molecule has 2 nitrogen and oxygen atoms in total. The van der Waals surface area contributed by atoms with Crippen molar-refractivity contribution in [2.24, 2.45) is 5.73 Å². The van der Waals surface area contributed by atoms with Crippen molar-refractivity contribution in [1.82, 2.24) is 0 Å². The average Bonchev–Trinajstić information content (AvgIpc) is 2.24. The summed E-state index contributed by atoms with van der Waals surface area (Å²) in [5, 5.41) is 0.591. The molecule has 0 heterocycles. The zero-order valence-corrected chi connectivity index (χ0v) is 11.1. The van der Waals surface area contributed by atoms with Gasteiger partial charge in [0.15, 0.2) is 0 Å². The van der Waals surface area contributed by atoms with E-state index < -0.39 is 10.8 Å². The Morgan fingerprint density at radius 1 is 1.38 bits per heavy atom. The van der Waals surface area contributed by atoms with Crippen LogP contribution in [0.2, 0.25) is 5.02 Å². The van der Waals surface area contributed by atoms with Crippen molar-refractivity contribution < 1.29 is 4.21 Å². The summed E-state index contributed by atoms with van der Waals surface area (Å²) in [4.78, 5) is 0.741. The second kappa shape index (κ2) is 7.05. The van der Waals surface area contributed by atoms with Gasteiger partial charge in [0.1, 0.15) is 0 Å². The van der Waals surface area contributed by atoms with Crippen LogP contribution in [0.5, 0.6) is 0 Å². The summed E-state index contributed by atoms with van der Waals surface area (Å²) >= 11 is 5.97. The van der Waals surface area contributed by atoms with Crippen LogP contribution in [-0.4, -0.2) is 16.0 Å². The van der Waals surface area contributed by atoms with Crippen molar-refractivity contribution in [2.75, 3.05) is 5.75 Å². The van der Waals surface area contributed by atoms with Crippen LogP contribution in [-0.2, 0) is 10.8 Å². The molecule has 0 aliphatic carbocycles. The topological polar surface area (TPSA) is 43.1 Å². The first-order valence-corrected chi connectivity index (χ1v) is 7.19. The Bertz CT molecular complexity index is 355. The van der Waals surface area contributed by atoms with E-state index in [2.05, 4.69) is 0 Å². The van der Waals surface area contributed by atoms with Crippen molar-refractivity contribution in [3.05, 3.63) is 29.3 Å². The lowest BCUT2D eigenvalue weighted by atomic mass is 10.2. The first kappa shape index (κ1) is 13.7. The molecule has 0 spiro atoms. The molecule has 0 saturated carbocycles. The molecule has 0 fully saturated rings. The van der Waals surface area contributed by atoms with Crippen molar-refractivity contribution in [3.63, 3.8) is 0 Å². The van der Waals surface area contributed by atoms with E-state index >= 15 is 0 Å². The van der Waals surface area contributed by atoms with Gasteiger partial charge >= 0.3 is 0 Å². The smallest absolute Gasteiger partial charge is 0.0574 e. The Balaban J connectivity index is 2.39. The van der Waals surface area contributed by atoms with E-state index in [1.54, 1.807) is 6.07 Å². The van der Waals surface area contributed by atoms with Crippen LogP contribution in [0.4, 0.5) is 0 Å². The fourth-order valence-electron chi connectivity index (χ4n) is 1.44. The first-order valence-electron chi connectivity index (χ1n) is 5.49. The van der Waals surface area contributed by atoms with Crippen LogP contribution in [0, 0.1) is 0 Å². The Kier molecular flexibility index (Phi) is 6.03. The molecule has 1 rings (SSSR count). The Morgan fingerprint density at radius 3 is 2.69 bits per heavy atom. The van der Waals surface area contributed by atoms with Crippen LogP contribution in [0.3, 0.4) is 0 Å². The van der Waals surface area contributed by atoms with E-state index in [1.807, 2.05) is 25.1 Å². The van der Waals surface area contributed by atoms with Crippen LogP contribution >= 0.6 is 11.6 Å².